The first-order valence-electron chi connectivity index (χ1n) is 21.1. The summed E-state index contributed by atoms with van der Waals surface area (Å²) in [6, 6.07) is 6.45. The van der Waals surface area contributed by atoms with Crippen LogP contribution in [-0.4, -0.2) is 65.6 Å². The highest BCUT2D eigenvalue weighted by Crippen LogP contribution is 2.24. The summed E-state index contributed by atoms with van der Waals surface area (Å²) in [6.45, 7) is 10.5. The van der Waals surface area contributed by atoms with Crippen LogP contribution < -0.4 is 4.74 Å². The Kier molecular flexibility index (Phi) is 31.7. The maximum absolute atomic E-state index is 10.6. The Morgan fingerprint density at radius 2 is 1.02 bits per heavy atom. The topological polar surface area (TPSA) is 82.4 Å². The number of nitrogens with zero attached hydrogens (tertiary/aromatic N) is 1. The van der Waals surface area contributed by atoms with Crippen LogP contribution in [0.25, 0.3) is 0 Å². The molecule has 0 aliphatic heterocycles. The van der Waals surface area contributed by atoms with Crippen LogP contribution in [0, 0.1) is 0 Å². The number of unbranched alkanes of at least 4 members (excludes halogenated alkanes) is 18. The van der Waals surface area contributed by atoms with Crippen molar-refractivity contribution in [2.24, 2.45) is 0 Å². The molecule has 0 amide bonds. The summed E-state index contributed by atoms with van der Waals surface area (Å²) in [5.74, 6) is 0.806. The van der Waals surface area contributed by atoms with E-state index in [0.29, 0.717) is 13.0 Å². The van der Waals surface area contributed by atoms with E-state index in [1.54, 1.807) is 0 Å². The zero-order chi connectivity index (χ0) is 35.6. The van der Waals surface area contributed by atoms with Gasteiger partial charge in [0.05, 0.1) is 6.61 Å². The second kappa shape index (κ2) is 33.9. The Labute approximate surface area is 303 Å². The molecular weight excluding hydrogens is 610 g/mol. The Bertz CT molecular complexity index is 836. The molecule has 0 bridgehead atoms. The molecule has 1 aromatic rings. The lowest BCUT2D eigenvalue weighted by Crippen LogP contribution is -2.29. The molecule has 1 rings (SSSR count). The average molecular weight is 692 g/mol. The summed E-state index contributed by atoms with van der Waals surface area (Å²) in [6.07, 6.45) is 29.9. The van der Waals surface area contributed by atoms with Crippen LogP contribution in [-0.2, 0) is 17.6 Å². The number of aryl methyl sites for hydroxylation is 2. The summed E-state index contributed by atoms with van der Waals surface area (Å²) < 4.78 is 11.5. The highest BCUT2D eigenvalue weighted by Gasteiger charge is 2.10. The molecular formula is C43H81NO5. The highest BCUT2D eigenvalue weighted by atomic mass is 16.6. The first kappa shape index (κ1) is 45.8. The van der Waals surface area contributed by atoms with Gasteiger partial charge in [0.1, 0.15) is 5.75 Å². The Balaban J connectivity index is 2.11. The largest absolute Gasteiger partial charge is 0.465 e. The van der Waals surface area contributed by atoms with E-state index in [0.717, 1.165) is 89.6 Å². The summed E-state index contributed by atoms with van der Waals surface area (Å²) in [5, 5.41) is 30.2. The van der Waals surface area contributed by atoms with E-state index in [-0.39, 0.29) is 6.61 Å². The van der Waals surface area contributed by atoms with Gasteiger partial charge in [-0.15, -0.1) is 0 Å². The first-order chi connectivity index (χ1) is 24.0. The van der Waals surface area contributed by atoms with Crippen LogP contribution in [0.2, 0.25) is 0 Å². The highest BCUT2D eigenvalue weighted by molar-refractivity contribution is 5.36. The van der Waals surface area contributed by atoms with Crippen molar-refractivity contribution in [1.82, 2.24) is 4.90 Å². The predicted molar refractivity (Wildman–Crippen MR) is 208 cm³/mol. The van der Waals surface area contributed by atoms with Crippen molar-refractivity contribution in [2.45, 2.75) is 207 Å². The molecule has 49 heavy (non-hydrogen) atoms. The van der Waals surface area contributed by atoms with Crippen LogP contribution in [0.3, 0.4) is 0 Å². The molecule has 2 unspecified atom stereocenters. The quantitative estimate of drug-likeness (QED) is 0.0476. The van der Waals surface area contributed by atoms with Crippen molar-refractivity contribution in [3.63, 3.8) is 0 Å². The van der Waals surface area contributed by atoms with Crippen LogP contribution in [0.15, 0.2) is 18.2 Å². The molecule has 6 heteroatoms. The molecule has 0 spiro atoms. The van der Waals surface area contributed by atoms with E-state index < -0.39 is 12.6 Å². The molecule has 288 valence electrons. The van der Waals surface area contributed by atoms with Crippen molar-refractivity contribution in [3.8, 4) is 5.75 Å². The van der Waals surface area contributed by atoms with E-state index in [1.165, 1.54) is 114 Å². The minimum Gasteiger partial charge on any atom is -0.465 e. The van der Waals surface area contributed by atoms with Crippen LogP contribution in [0.4, 0.5) is 0 Å². The smallest absolute Gasteiger partial charge is 0.197 e. The molecule has 2 atom stereocenters. The maximum Gasteiger partial charge on any atom is 0.197 e. The van der Waals surface area contributed by atoms with Gasteiger partial charge in [0.2, 0.25) is 0 Å². The SMILES string of the molecule is CCCCCCCCCOC(O)CCCCCCCN(CCO)CCCCCCCC(O)Oc1ccc(CCCCC)c(CCCCC)c1. The van der Waals surface area contributed by atoms with Gasteiger partial charge in [-0.1, -0.05) is 130 Å². The molecule has 0 aromatic heterocycles. The Morgan fingerprint density at radius 1 is 0.531 bits per heavy atom. The molecule has 1 aromatic carbocycles. The predicted octanol–water partition coefficient (Wildman–Crippen LogP) is 10.9. The van der Waals surface area contributed by atoms with E-state index in [1.807, 2.05) is 6.07 Å². The zero-order valence-corrected chi connectivity index (χ0v) is 32.6. The molecule has 6 nitrogen and oxygen atoms in total. The van der Waals surface area contributed by atoms with E-state index in [9.17, 15) is 15.3 Å². The van der Waals surface area contributed by atoms with Crippen LogP contribution >= 0.6 is 0 Å². The number of benzene rings is 1. The third-order valence-corrected chi connectivity index (χ3v) is 9.87. The van der Waals surface area contributed by atoms with Crippen molar-refractivity contribution in [2.75, 3.05) is 32.8 Å². The monoisotopic (exact) mass is 692 g/mol. The molecule has 0 radical (unpaired) electrons. The number of hydrogen-bond acceptors (Lipinski definition) is 6. The number of ether oxygens (including phenoxy) is 2. The lowest BCUT2D eigenvalue weighted by Gasteiger charge is -2.21. The zero-order valence-electron chi connectivity index (χ0n) is 32.6. The second-order valence-corrected chi connectivity index (χ2v) is 14.5. The Morgan fingerprint density at radius 3 is 1.61 bits per heavy atom. The molecule has 0 saturated carbocycles. The number of hydrogen-bond donors (Lipinski definition) is 3. The van der Waals surface area contributed by atoms with Gasteiger partial charge < -0.3 is 29.7 Å². The normalized spacial score (nSPS) is 13.0. The molecule has 0 aliphatic rings. The van der Waals surface area contributed by atoms with Gasteiger partial charge >= 0.3 is 0 Å². The fourth-order valence-electron chi connectivity index (χ4n) is 6.71. The summed E-state index contributed by atoms with van der Waals surface area (Å²) in [5.41, 5.74) is 2.85. The van der Waals surface area contributed by atoms with Gasteiger partial charge in [-0.3, -0.25) is 0 Å². The molecule has 3 N–H and O–H groups in total. The number of aliphatic hydroxyl groups is 3. The molecule has 0 fully saturated rings. The lowest BCUT2D eigenvalue weighted by atomic mass is 9.97. The fraction of sp³-hybridized carbons (Fsp3) is 0.860. The Hall–Kier alpha value is -1.18. The fourth-order valence-corrected chi connectivity index (χ4v) is 6.71. The van der Waals surface area contributed by atoms with Crippen molar-refractivity contribution in [1.29, 1.82) is 0 Å². The van der Waals surface area contributed by atoms with Gasteiger partial charge in [0, 0.05) is 19.6 Å². The van der Waals surface area contributed by atoms with Gasteiger partial charge in [-0.2, -0.15) is 0 Å². The summed E-state index contributed by atoms with van der Waals surface area (Å²) in [4.78, 5) is 2.41. The summed E-state index contributed by atoms with van der Waals surface area (Å²) in [7, 11) is 0. The third-order valence-electron chi connectivity index (χ3n) is 9.87. The minimum absolute atomic E-state index is 0.219. The van der Waals surface area contributed by atoms with Gasteiger partial charge in [-0.05, 0) is 101 Å². The molecule has 0 saturated heterocycles. The van der Waals surface area contributed by atoms with Crippen molar-refractivity contribution >= 4 is 0 Å². The van der Waals surface area contributed by atoms with Crippen molar-refractivity contribution < 1.29 is 24.8 Å². The lowest BCUT2D eigenvalue weighted by molar-refractivity contribution is -0.105. The number of rotatable bonds is 37. The van der Waals surface area contributed by atoms with E-state index in [4.69, 9.17) is 9.47 Å². The minimum atomic E-state index is -0.743. The van der Waals surface area contributed by atoms with E-state index in [2.05, 4.69) is 37.8 Å². The van der Waals surface area contributed by atoms with E-state index >= 15 is 0 Å². The van der Waals surface area contributed by atoms with Gasteiger partial charge in [-0.25, -0.2) is 0 Å². The number of aliphatic hydroxyl groups excluding tert-OH is 3. The standard InChI is InChI=1S/C43H81NO5/c1-4-7-10-11-12-19-26-37-48-42(46)29-22-15-13-17-24-33-44(35-36-45)34-25-18-14-16-23-30-43(47)49-41-32-31-39(27-20-8-5-2)40(38-41)28-21-9-6-3/h31-32,38,42-43,45-47H,4-30,33-37H2,1-3H3. The third kappa shape index (κ3) is 27.2. The maximum atomic E-state index is 10.6. The van der Waals surface area contributed by atoms with Crippen LogP contribution in [0.1, 0.15) is 192 Å². The van der Waals surface area contributed by atoms with Gasteiger partial charge in [0.15, 0.2) is 12.6 Å². The molecule has 0 heterocycles. The summed E-state index contributed by atoms with van der Waals surface area (Å²) >= 11 is 0. The first-order valence-corrected chi connectivity index (χ1v) is 21.1. The van der Waals surface area contributed by atoms with Crippen LogP contribution in [0.5, 0.6) is 5.75 Å². The van der Waals surface area contributed by atoms with Gasteiger partial charge in [0.25, 0.3) is 0 Å². The second-order valence-electron chi connectivity index (χ2n) is 14.5. The average Bonchev–Trinajstić information content (AvgIpc) is 3.09. The van der Waals surface area contributed by atoms with Crippen molar-refractivity contribution in [3.05, 3.63) is 29.3 Å². The molecule has 0 aliphatic carbocycles.